The highest BCUT2D eigenvalue weighted by atomic mass is 31.2. The van der Waals surface area contributed by atoms with Crippen molar-refractivity contribution < 1.29 is 42.1 Å². The fourth-order valence-electron chi connectivity index (χ4n) is 6.04. The van der Waals surface area contributed by atoms with Crippen molar-refractivity contribution >= 4 is 19.8 Å². The molecule has 0 spiro atoms. The number of esters is 2. The van der Waals surface area contributed by atoms with Crippen LogP contribution >= 0.6 is 7.82 Å². The Balaban J connectivity index is 4.38. The van der Waals surface area contributed by atoms with E-state index in [0.29, 0.717) is 23.9 Å². The Labute approximate surface area is 362 Å². The molecule has 0 saturated heterocycles. The number of carbonyl (C=O) groups excluding carboxylic acids is 2. The molecule has 0 aromatic carbocycles. The van der Waals surface area contributed by atoms with Gasteiger partial charge in [-0.25, -0.2) is 0 Å². The molecule has 0 radical (unpaired) electrons. The maximum Gasteiger partial charge on any atom is 0.306 e. The molecule has 0 aliphatic carbocycles. The average molecular weight is 850 g/mol. The number of likely N-dealkylation sites (N-methyl/N-ethyl adjacent to an activating group) is 1. The second kappa shape index (κ2) is 41.1. The molecule has 0 aliphatic heterocycles. The minimum atomic E-state index is -4.64. The van der Waals surface area contributed by atoms with E-state index in [4.69, 9.17) is 18.5 Å². The summed E-state index contributed by atoms with van der Waals surface area (Å²) >= 11 is 0. The summed E-state index contributed by atoms with van der Waals surface area (Å²) < 4.78 is 33.9. The van der Waals surface area contributed by atoms with E-state index in [9.17, 15) is 19.0 Å². The molecule has 59 heavy (non-hydrogen) atoms. The smallest absolute Gasteiger partial charge is 0.306 e. The number of quaternary nitrogens is 1. The molecule has 342 valence electrons. The first-order valence-corrected chi connectivity index (χ1v) is 25.0. The standard InChI is InChI=1S/C49H88NO8P/c1-6-8-10-12-14-16-18-20-22-24-25-26-28-30-32-34-36-38-40-42-49(52)58-47(46-57-59(53,54)56-44-43-50(3,4)5)45-55-48(51)41-39-37-35-33-31-29-27-23-21-19-17-15-13-11-9-7-2/h14,16-17,19-20,22-23,25-27,47H,6-13,15,18,21,24,28-46H2,1-5H3/b16-14-,19-17-,22-20-,26-25-,27-23-. The topological polar surface area (TPSA) is 111 Å². The van der Waals surface area contributed by atoms with Crippen molar-refractivity contribution in [3.8, 4) is 0 Å². The maximum absolute atomic E-state index is 12.7. The van der Waals surface area contributed by atoms with Gasteiger partial charge >= 0.3 is 11.9 Å². The summed E-state index contributed by atoms with van der Waals surface area (Å²) in [6, 6.07) is 0. The molecule has 0 fully saturated rings. The molecule has 0 amide bonds. The third-order valence-corrected chi connectivity index (χ3v) is 10.7. The molecule has 2 atom stereocenters. The molecule has 10 heteroatoms. The lowest BCUT2D eigenvalue weighted by Crippen LogP contribution is -2.37. The number of ether oxygens (including phenoxy) is 2. The van der Waals surface area contributed by atoms with E-state index in [1.807, 2.05) is 21.1 Å². The molecule has 0 aromatic rings. The van der Waals surface area contributed by atoms with Crippen LogP contribution in [0.15, 0.2) is 60.8 Å². The lowest BCUT2D eigenvalue weighted by atomic mass is 10.1. The van der Waals surface area contributed by atoms with Crippen LogP contribution in [0.1, 0.15) is 187 Å². The molecular weight excluding hydrogens is 762 g/mol. The van der Waals surface area contributed by atoms with Gasteiger partial charge in [-0.05, 0) is 83.5 Å². The zero-order chi connectivity index (χ0) is 43.6. The van der Waals surface area contributed by atoms with Crippen molar-refractivity contribution in [2.24, 2.45) is 0 Å². The van der Waals surface area contributed by atoms with Crippen LogP contribution in [0, 0.1) is 0 Å². The first-order valence-electron chi connectivity index (χ1n) is 23.5. The van der Waals surface area contributed by atoms with Crippen molar-refractivity contribution in [3.63, 3.8) is 0 Å². The van der Waals surface area contributed by atoms with Gasteiger partial charge in [-0.1, -0.05) is 152 Å². The second-order valence-electron chi connectivity index (χ2n) is 16.8. The van der Waals surface area contributed by atoms with Crippen LogP contribution in [0.3, 0.4) is 0 Å². The first-order chi connectivity index (χ1) is 28.5. The minimum absolute atomic E-state index is 0.0385. The van der Waals surface area contributed by atoms with E-state index in [-0.39, 0.29) is 26.1 Å². The normalized spacial score (nSPS) is 14.1. The number of allylic oxidation sites excluding steroid dienone is 10. The maximum atomic E-state index is 12.7. The average Bonchev–Trinajstić information content (AvgIpc) is 3.19. The molecule has 0 heterocycles. The third kappa shape index (κ3) is 45.1. The summed E-state index contributed by atoms with van der Waals surface area (Å²) in [5.41, 5.74) is 0. The van der Waals surface area contributed by atoms with E-state index in [0.717, 1.165) is 89.9 Å². The summed E-state index contributed by atoms with van der Waals surface area (Å²) in [4.78, 5) is 37.6. The fourth-order valence-corrected chi connectivity index (χ4v) is 6.77. The van der Waals surface area contributed by atoms with E-state index < -0.39 is 32.5 Å². The number of carbonyl (C=O) groups is 2. The lowest BCUT2D eigenvalue weighted by Gasteiger charge is -2.28. The number of unbranched alkanes of at least 4 members (excludes halogenated alkanes) is 18. The monoisotopic (exact) mass is 850 g/mol. The van der Waals surface area contributed by atoms with Gasteiger partial charge in [0.25, 0.3) is 7.82 Å². The zero-order valence-corrected chi connectivity index (χ0v) is 39.3. The highest BCUT2D eigenvalue weighted by Crippen LogP contribution is 2.38. The quantitative estimate of drug-likeness (QED) is 0.0196. The van der Waals surface area contributed by atoms with Crippen molar-refractivity contribution in [1.29, 1.82) is 0 Å². The largest absolute Gasteiger partial charge is 0.756 e. The van der Waals surface area contributed by atoms with Gasteiger partial charge in [0, 0.05) is 12.8 Å². The van der Waals surface area contributed by atoms with Gasteiger partial charge in [-0.2, -0.15) is 0 Å². The van der Waals surface area contributed by atoms with Crippen LogP contribution in [0.25, 0.3) is 0 Å². The Morgan fingerprint density at radius 1 is 0.525 bits per heavy atom. The Hall–Kier alpha value is -2.29. The molecule has 0 aliphatic rings. The molecule has 0 aromatic heterocycles. The predicted octanol–water partition coefficient (Wildman–Crippen LogP) is 13.0. The van der Waals surface area contributed by atoms with Gasteiger partial charge in [0.15, 0.2) is 6.10 Å². The number of rotatable bonds is 42. The summed E-state index contributed by atoms with van der Waals surface area (Å²) in [6.45, 7) is 4.15. The van der Waals surface area contributed by atoms with Gasteiger partial charge in [0.05, 0.1) is 27.7 Å². The van der Waals surface area contributed by atoms with E-state index in [2.05, 4.69) is 74.6 Å². The van der Waals surface area contributed by atoms with Crippen molar-refractivity contribution in [2.45, 2.75) is 193 Å². The molecule has 0 N–H and O–H groups in total. The molecule has 0 rings (SSSR count). The number of hydrogen-bond acceptors (Lipinski definition) is 8. The summed E-state index contributed by atoms with van der Waals surface area (Å²) in [5, 5.41) is 0. The third-order valence-electron chi connectivity index (χ3n) is 9.76. The number of phosphoric ester groups is 1. The lowest BCUT2D eigenvalue weighted by molar-refractivity contribution is -0.870. The van der Waals surface area contributed by atoms with Crippen molar-refractivity contribution in [1.82, 2.24) is 0 Å². The summed E-state index contributed by atoms with van der Waals surface area (Å²) in [6.07, 6.45) is 49.5. The Bertz CT molecular complexity index is 1190. The van der Waals surface area contributed by atoms with Crippen LogP contribution in [0.4, 0.5) is 0 Å². The molecule has 0 bridgehead atoms. The van der Waals surface area contributed by atoms with Gasteiger partial charge < -0.3 is 27.9 Å². The van der Waals surface area contributed by atoms with Crippen LogP contribution < -0.4 is 4.89 Å². The summed E-state index contributed by atoms with van der Waals surface area (Å²) in [7, 11) is 1.14. The van der Waals surface area contributed by atoms with Gasteiger partial charge in [-0.3, -0.25) is 14.2 Å². The number of hydrogen-bond donors (Lipinski definition) is 0. The zero-order valence-electron chi connectivity index (χ0n) is 38.4. The van der Waals surface area contributed by atoms with Gasteiger partial charge in [-0.15, -0.1) is 0 Å². The van der Waals surface area contributed by atoms with Crippen LogP contribution in [0.5, 0.6) is 0 Å². The highest BCUT2D eigenvalue weighted by molar-refractivity contribution is 7.45. The SMILES string of the molecule is CCCCC/C=C\C/C=C\C/C=C\CCCCCCCCC(=O)OC(COC(=O)CCCCCCC/C=C\C/C=C\CCCCCC)COP(=O)([O-])OCC[N+](C)(C)C. The first kappa shape index (κ1) is 56.7. The molecule has 2 unspecified atom stereocenters. The minimum Gasteiger partial charge on any atom is -0.756 e. The Morgan fingerprint density at radius 3 is 1.39 bits per heavy atom. The van der Waals surface area contributed by atoms with Gasteiger partial charge in [0.1, 0.15) is 19.8 Å². The second-order valence-corrected chi connectivity index (χ2v) is 18.2. The molecular formula is C49H88NO8P. The number of nitrogens with zero attached hydrogens (tertiary/aromatic N) is 1. The fraction of sp³-hybridized carbons (Fsp3) is 0.755. The van der Waals surface area contributed by atoms with E-state index in [1.165, 1.54) is 57.8 Å². The molecule has 9 nitrogen and oxygen atoms in total. The number of phosphoric acid groups is 1. The van der Waals surface area contributed by atoms with Crippen molar-refractivity contribution in [2.75, 3.05) is 47.5 Å². The van der Waals surface area contributed by atoms with E-state index in [1.54, 1.807) is 0 Å². The van der Waals surface area contributed by atoms with Crippen LogP contribution in [0.2, 0.25) is 0 Å². The van der Waals surface area contributed by atoms with Crippen LogP contribution in [-0.4, -0.2) is 70.0 Å². The highest BCUT2D eigenvalue weighted by Gasteiger charge is 2.21. The summed E-state index contributed by atoms with van der Waals surface area (Å²) in [5.74, 6) is -0.867. The van der Waals surface area contributed by atoms with Crippen molar-refractivity contribution in [3.05, 3.63) is 60.8 Å². The Kier molecular flexibility index (Phi) is 39.5. The van der Waals surface area contributed by atoms with Crippen LogP contribution in [-0.2, 0) is 32.7 Å². The molecule has 0 saturated carbocycles. The van der Waals surface area contributed by atoms with Gasteiger partial charge in [0.2, 0.25) is 0 Å². The predicted molar refractivity (Wildman–Crippen MR) is 245 cm³/mol. The Morgan fingerprint density at radius 2 is 0.915 bits per heavy atom. The van der Waals surface area contributed by atoms with E-state index >= 15 is 0 Å².